The maximum atomic E-state index is 9.54. The summed E-state index contributed by atoms with van der Waals surface area (Å²) in [6.07, 6.45) is 0.112. The Morgan fingerprint density at radius 1 is 1.25 bits per heavy atom. The van der Waals surface area contributed by atoms with Gasteiger partial charge in [-0.3, -0.25) is 0 Å². The standard InChI is InChI=1S/C7H6Cl4O/c8-4-5(9)7(11)2-6(4,10)1-3(7)12/h3,12H,1-2H2/t3-,6+,7-/m1/s1. The number of aliphatic hydroxyl groups is 1. The fourth-order valence-electron chi connectivity index (χ4n) is 1.84. The quantitative estimate of drug-likeness (QED) is 0.653. The maximum absolute atomic E-state index is 9.54. The van der Waals surface area contributed by atoms with E-state index in [4.69, 9.17) is 46.4 Å². The summed E-state index contributed by atoms with van der Waals surface area (Å²) in [6, 6.07) is 0. The van der Waals surface area contributed by atoms with Crippen molar-refractivity contribution in [3.05, 3.63) is 10.1 Å². The van der Waals surface area contributed by atoms with Gasteiger partial charge in [-0.25, -0.2) is 0 Å². The van der Waals surface area contributed by atoms with Gasteiger partial charge in [0.2, 0.25) is 0 Å². The number of alkyl halides is 2. The topological polar surface area (TPSA) is 20.2 Å². The minimum absolute atomic E-state index is 0.305. The van der Waals surface area contributed by atoms with Crippen molar-refractivity contribution < 1.29 is 5.11 Å². The van der Waals surface area contributed by atoms with Crippen LogP contribution in [0.1, 0.15) is 12.8 Å². The molecule has 0 unspecified atom stereocenters. The molecule has 1 fully saturated rings. The Labute approximate surface area is 90.2 Å². The first-order valence-electron chi connectivity index (χ1n) is 3.52. The highest BCUT2D eigenvalue weighted by Crippen LogP contribution is 2.62. The molecule has 1 N–H and O–H groups in total. The van der Waals surface area contributed by atoms with Crippen LogP contribution in [-0.4, -0.2) is 21.0 Å². The third-order valence-corrected chi connectivity index (χ3v) is 4.95. The average molecular weight is 248 g/mol. The molecule has 0 heterocycles. The number of allylic oxidation sites excluding steroid dienone is 1. The second kappa shape index (κ2) is 2.46. The van der Waals surface area contributed by atoms with Gasteiger partial charge in [0.1, 0.15) is 4.87 Å². The molecule has 12 heavy (non-hydrogen) atoms. The molecule has 0 aromatic heterocycles. The fraction of sp³-hybridized carbons (Fsp3) is 0.714. The van der Waals surface area contributed by atoms with E-state index in [0.29, 0.717) is 22.9 Å². The van der Waals surface area contributed by atoms with Gasteiger partial charge < -0.3 is 5.11 Å². The molecule has 3 atom stereocenters. The van der Waals surface area contributed by atoms with E-state index in [1.807, 2.05) is 0 Å². The first-order valence-corrected chi connectivity index (χ1v) is 5.03. The molecule has 2 bridgehead atoms. The molecule has 68 valence electrons. The third kappa shape index (κ3) is 0.921. The zero-order valence-corrected chi connectivity index (χ0v) is 8.97. The van der Waals surface area contributed by atoms with Crippen molar-refractivity contribution in [2.75, 3.05) is 0 Å². The molecule has 0 radical (unpaired) electrons. The first kappa shape index (κ1) is 9.42. The lowest BCUT2D eigenvalue weighted by molar-refractivity contribution is 0.158. The van der Waals surface area contributed by atoms with E-state index < -0.39 is 15.9 Å². The van der Waals surface area contributed by atoms with E-state index in [2.05, 4.69) is 0 Å². The smallest absolute Gasteiger partial charge is 0.109 e. The lowest BCUT2D eigenvalue weighted by Gasteiger charge is -2.25. The van der Waals surface area contributed by atoms with E-state index in [0.717, 1.165) is 0 Å². The van der Waals surface area contributed by atoms with Crippen molar-refractivity contribution in [3.63, 3.8) is 0 Å². The molecule has 2 aliphatic carbocycles. The maximum Gasteiger partial charge on any atom is 0.109 e. The van der Waals surface area contributed by atoms with E-state index in [-0.39, 0.29) is 0 Å². The van der Waals surface area contributed by atoms with Crippen LogP contribution in [0.5, 0.6) is 0 Å². The summed E-state index contributed by atoms with van der Waals surface area (Å²) < 4.78 is 0. The van der Waals surface area contributed by atoms with Crippen LogP contribution >= 0.6 is 46.4 Å². The number of rotatable bonds is 0. The van der Waals surface area contributed by atoms with Crippen LogP contribution in [0.4, 0.5) is 0 Å². The summed E-state index contributed by atoms with van der Waals surface area (Å²) in [6.45, 7) is 0. The molecular weight excluding hydrogens is 242 g/mol. The van der Waals surface area contributed by atoms with Gasteiger partial charge in [-0.1, -0.05) is 23.2 Å². The molecule has 0 spiro atoms. The lowest BCUT2D eigenvalue weighted by Crippen LogP contribution is -2.32. The number of fused-ring (bicyclic) bond motifs is 2. The van der Waals surface area contributed by atoms with Gasteiger partial charge in [0, 0.05) is 0 Å². The molecule has 0 amide bonds. The van der Waals surface area contributed by atoms with Gasteiger partial charge in [-0.15, -0.1) is 23.2 Å². The molecule has 2 rings (SSSR count). The SMILES string of the molecule is O[C@@H]1C[C@]2(Cl)C[C@]1(Cl)C(Cl)=C2Cl. The van der Waals surface area contributed by atoms with Crippen LogP contribution in [0.2, 0.25) is 0 Å². The van der Waals surface area contributed by atoms with Crippen LogP contribution in [0, 0.1) is 0 Å². The van der Waals surface area contributed by atoms with E-state index in [1.165, 1.54) is 0 Å². The van der Waals surface area contributed by atoms with Crippen LogP contribution < -0.4 is 0 Å². The molecule has 0 aromatic carbocycles. The van der Waals surface area contributed by atoms with Crippen LogP contribution in [0.3, 0.4) is 0 Å². The van der Waals surface area contributed by atoms with Gasteiger partial charge in [-0.05, 0) is 12.8 Å². The zero-order valence-electron chi connectivity index (χ0n) is 5.95. The summed E-state index contributed by atoms with van der Waals surface area (Å²) in [5, 5.41) is 10.2. The summed E-state index contributed by atoms with van der Waals surface area (Å²) >= 11 is 23.9. The molecule has 0 aromatic rings. The predicted molar refractivity (Wildman–Crippen MR) is 51.1 cm³/mol. The molecule has 5 heteroatoms. The van der Waals surface area contributed by atoms with E-state index >= 15 is 0 Å². The number of aliphatic hydroxyl groups excluding tert-OH is 1. The number of hydrogen-bond acceptors (Lipinski definition) is 1. The zero-order chi connectivity index (χ0) is 9.15. The third-order valence-electron chi connectivity index (χ3n) is 2.53. The minimum atomic E-state index is -0.930. The molecule has 1 saturated carbocycles. The Morgan fingerprint density at radius 3 is 2.17 bits per heavy atom. The van der Waals surface area contributed by atoms with Crippen LogP contribution in [-0.2, 0) is 0 Å². The molecule has 1 nitrogen and oxygen atoms in total. The highest BCUT2D eigenvalue weighted by atomic mass is 35.5. The monoisotopic (exact) mass is 246 g/mol. The Bertz CT molecular complexity index is 277. The Hall–Kier alpha value is 0.860. The van der Waals surface area contributed by atoms with Gasteiger partial charge in [-0.2, -0.15) is 0 Å². The summed E-state index contributed by atoms with van der Waals surface area (Å²) in [4.78, 5) is -1.65. The average Bonchev–Trinajstić information content (AvgIpc) is 2.29. The van der Waals surface area contributed by atoms with Crippen molar-refractivity contribution in [2.45, 2.75) is 28.7 Å². The second-order valence-electron chi connectivity index (χ2n) is 3.35. The Morgan fingerprint density at radius 2 is 1.83 bits per heavy atom. The second-order valence-corrected chi connectivity index (χ2v) is 5.51. The van der Waals surface area contributed by atoms with Crippen molar-refractivity contribution in [2.24, 2.45) is 0 Å². The Balaban J connectivity index is 2.54. The van der Waals surface area contributed by atoms with Gasteiger partial charge >= 0.3 is 0 Å². The number of hydrogen-bond donors (Lipinski definition) is 1. The lowest BCUT2D eigenvalue weighted by atomic mass is 10.0. The van der Waals surface area contributed by atoms with Crippen LogP contribution in [0.25, 0.3) is 0 Å². The molecular formula is C7H6Cl4O. The van der Waals surface area contributed by atoms with E-state index in [1.54, 1.807) is 0 Å². The minimum Gasteiger partial charge on any atom is -0.391 e. The summed E-state index contributed by atoms with van der Waals surface area (Å²) in [5.41, 5.74) is 0. The highest BCUT2D eigenvalue weighted by Gasteiger charge is 2.62. The molecule has 0 aliphatic heterocycles. The predicted octanol–water partition coefficient (Wildman–Crippen LogP) is 2.80. The first-order chi connectivity index (χ1) is 5.40. The molecule has 2 aliphatic rings. The number of halogens is 4. The van der Waals surface area contributed by atoms with Crippen molar-refractivity contribution in [3.8, 4) is 0 Å². The van der Waals surface area contributed by atoms with Gasteiger partial charge in [0.05, 0.1) is 21.0 Å². The largest absolute Gasteiger partial charge is 0.391 e. The van der Waals surface area contributed by atoms with Crippen LogP contribution in [0.15, 0.2) is 10.1 Å². The highest BCUT2D eigenvalue weighted by molar-refractivity contribution is 6.51. The summed E-state index contributed by atoms with van der Waals surface area (Å²) in [7, 11) is 0. The van der Waals surface area contributed by atoms with Gasteiger partial charge in [0.25, 0.3) is 0 Å². The molecule has 0 saturated heterocycles. The van der Waals surface area contributed by atoms with Gasteiger partial charge in [0.15, 0.2) is 0 Å². The normalized spacial score (nSPS) is 52.2. The van der Waals surface area contributed by atoms with Crippen molar-refractivity contribution in [1.82, 2.24) is 0 Å². The summed E-state index contributed by atoms with van der Waals surface area (Å²) in [5.74, 6) is 0. The van der Waals surface area contributed by atoms with E-state index in [9.17, 15) is 5.11 Å². The fourth-order valence-corrected chi connectivity index (χ4v) is 3.54. The van der Waals surface area contributed by atoms with Crippen molar-refractivity contribution in [1.29, 1.82) is 0 Å². The Kier molecular flexibility index (Phi) is 1.93. The van der Waals surface area contributed by atoms with Crippen molar-refractivity contribution >= 4 is 46.4 Å².